The van der Waals surface area contributed by atoms with Crippen LogP contribution in [0.2, 0.25) is 0 Å². The number of nitrogen functional groups attached to an aromatic ring is 1. The lowest BCUT2D eigenvalue weighted by Crippen LogP contribution is -2.47. The molecule has 1 heterocycles. The molecule has 0 aromatic heterocycles. The Morgan fingerprint density at radius 3 is 2.35 bits per heavy atom. The van der Waals surface area contributed by atoms with Crippen molar-refractivity contribution in [2.45, 2.75) is 18.4 Å². The van der Waals surface area contributed by atoms with Crippen molar-refractivity contribution in [3.8, 4) is 0 Å². The molecule has 3 unspecified atom stereocenters. The minimum absolute atomic E-state index is 0.0813. The smallest absolute Gasteiger partial charge is 0.119 e. The molecule has 0 aliphatic carbocycles. The molecule has 3 rings (SSSR count). The van der Waals surface area contributed by atoms with Crippen LogP contribution in [-0.2, 0) is 4.74 Å². The molecule has 2 aromatic carbocycles. The van der Waals surface area contributed by atoms with Crippen LogP contribution in [0.4, 0.5) is 5.69 Å². The standard InChI is InChI=1S/C16H19N3O/c17-13-8-6-11(7-9-13)15-16(20-14(18)10-19-15)12-4-2-1-3-5-12/h1-9,14-16,19H,10,17-18H2. The summed E-state index contributed by atoms with van der Waals surface area (Å²) in [4.78, 5) is 0. The number of anilines is 1. The zero-order valence-electron chi connectivity index (χ0n) is 11.2. The lowest BCUT2D eigenvalue weighted by atomic mass is 9.94. The third kappa shape index (κ3) is 2.67. The van der Waals surface area contributed by atoms with E-state index in [2.05, 4.69) is 17.4 Å². The lowest BCUT2D eigenvalue weighted by Gasteiger charge is -2.36. The van der Waals surface area contributed by atoms with Gasteiger partial charge in [0, 0.05) is 12.2 Å². The van der Waals surface area contributed by atoms with Crippen LogP contribution in [0.5, 0.6) is 0 Å². The molecule has 1 aliphatic heterocycles. The zero-order chi connectivity index (χ0) is 13.9. The van der Waals surface area contributed by atoms with Gasteiger partial charge in [0.05, 0.1) is 6.04 Å². The fourth-order valence-electron chi connectivity index (χ4n) is 2.57. The van der Waals surface area contributed by atoms with E-state index in [0.717, 1.165) is 16.8 Å². The maximum atomic E-state index is 5.95. The van der Waals surface area contributed by atoms with Gasteiger partial charge in [-0.3, -0.25) is 0 Å². The monoisotopic (exact) mass is 269 g/mol. The first-order valence-electron chi connectivity index (χ1n) is 6.79. The molecule has 4 nitrogen and oxygen atoms in total. The van der Waals surface area contributed by atoms with Crippen molar-refractivity contribution in [2.24, 2.45) is 5.73 Å². The SMILES string of the molecule is Nc1ccc(C2NCC(N)OC2c2ccccc2)cc1. The van der Waals surface area contributed by atoms with Crippen LogP contribution in [0, 0.1) is 0 Å². The first kappa shape index (κ1) is 13.1. The lowest BCUT2D eigenvalue weighted by molar-refractivity contribution is -0.0630. The van der Waals surface area contributed by atoms with E-state index in [9.17, 15) is 0 Å². The van der Waals surface area contributed by atoms with Gasteiger partial charge in [0.1, 0.15) is 12.3 Å². The maximum absolute atomic E-state index is 5.95. The summed E-state index contributed by atoms with van der Waals surface area (Å²) in [6, 6.07) is 18.1. The highest BCUT2D eigenvalue weighted by molar-refractivity contribution is 5.41. The summed E-state index contributed by atoms with van der Waals surface area (Å²) in [5.41, 5.74) is 14.7. The fraction of sp³-hybridized carbons (Fsp3) is 0.250. The van der Waals surface area contributed by atoms with Gasteiger partial charge in [-0.15, -0.1) is 0 Å². The third-order valence-electron chi connectivity index (χ3n) is 3.59. The molecule has 4 heteroatoms. The predicted molar refractivity (Wildman–Crippen MR) is 79.8 cm³/mol. The summed E-state index contributed by atoms with van der Waals surface area (Å²) < 4.78 is 5.95. The second kappa shape index (κ2) is 5.63. The first-order valence-corrected chi connectivity index (χ1v) is 6.79. The molecule has 1 saturated heterocycles. The zero-order valence-corrected chi connectivity index (χ0v) is 11.2. The van der Waals surface area contributed by atoms with Crippen LogP contribution < -0.4 is 16.8 Å². The number of nitrogens with one attached hydrogen (secondary N) is 1. The topological polar surface area (TPSA) is 73.3 Å². The number of morpholine rings is 1. The molecule has 0 amide bonds. The number of ether oxygens (including phenoxy) is 1. The Labute approximate surface area is 118 Å². The van der Waals surface area contributed by atoms with Gasteiger partial charge in [-0.25, -0.2) is 0 Å². The summed E-state index contributed by atoms with van der Waals surface area (Å²) in [5.74, 6) is 0. The molecule has 20 heavy (non-hydrogen) atoms. The van der Waals surface area contributed by atoms with Gasteiger partial charge in [-0.05, 0) is 23.3 Å². The molecule has 0 saturated carbocycles. The Balaban J connectivity index is 1.92. The quantitative estimate of drug-likeness (QED) is 0.729. The van der Waals surface area contributed by atoms with E-state index in [4.69, 9.17) is 16.2 Å². The number of rotatable bonds is 2. The van der Waals surface area contributed by atoms with Gasteiger partial charge in [-0.1, -0.05) is 42.5 Å². The van der Waals surface area contributed by atoms with Crippen molar-refractivity contribution in [1.82, 2.24) is 5.32 Å². The average molecular weight is 269 g/mol. The van der Waals surface area contributed by atoms with Gasteiger partial charge in [0.15, 0.2) is 0 Å². The highest BCUT2D eigenvalue weighted by Crippen LogP contribution is 2.35. The van der Waals surface area contributed by atoms with Crippen LogP contribution in [0.1, 0.15) is 23.3 Å². The van der Waals surface area contributed by atoms with Gasteiger partial charge in [-0.2, -0.15) is 0 Å². The molecule has 2 aromatic rings. The van der Waals surface area contributed by atoms with E-state index in [1.165, 1.54) is 0 Å². The Kier molecular flexibility index (Phi) is 3.69. The van der Waals surface area contributed by atoms with E-state index in [-0.39, 0.29) is 18.4 Å². The summed E-state index contributed by atoms with van der Waals surface area (Å²) in [6.45, 7) is 0.637. The van der Waals surface area contributed by atoms with Crippen molar-refractivity contribution in [3.05, 3.63) is 65.7 Å². The normalized spacial score (nSPS) is 26.4. The van der Waals surface area contributed by atoms with Gasteiger partial charge in [0.2, 0.25) is 0 Å². The second-order valence-electron chi connectivity index (χ2n) is 5.06. The highest BCUT2D eigenvalue weighted by atomic mass is 16.5. The molecule has 0 radical (unpaired) electrons. The Morgan fingerprint density at radius 2 is 1.65 bits per heavy atom. The number of benzene rings is 2. The van der Waals surface area contributed by atoms with E-state index in [0.29, 0.717) is 6.54 Å². The molecular weight excluding hydrogens is 250 g/mol. The second-order valence-corrected chi connectivity index (χ2v) is 5.06. The van der Waals surface area contributed by atoms with Crippen molar-refractivity contribution < 1.29 is 4.74 Å². The molecule has 5 N–H and O–H groups in total. The third-order valence-corrected chi connectivity index (χ3v) is 3.59. The molecule has 3 atom stereocenters. The maximum Gasteiger partial charge on any atom is 0.119 e. The largest absolute Gasteiger partial charge is 0.399 e. The first-order chi connectivity index (χ1) is 9.74. The molecule has 1 fully saturated rings. The van der Waals surface area contributed by atoms with Crippen LogP contribution in [0.25, 0.3) is 0 Å². The van der Waals surface area contributed by atoms with E-state index < -0.39 is 0 Å². The van der Waals surface area contributed by atoms with Crippen LogP contribution in [0.15, 0.2) is 54.6 Å². The van der Waals surface area contributed by atoms with Crippen molar-refractivity contribution in [1.29, 1.82) is 0 Å². The predicted octanol–water partition coefficient (Wildman–Crippen LogP) is 1.96. The van der Waals surface area contributed by atoms with Crippen molar-refractivity contribution in [3.63, 3.8) is 0 Å². The minimum Gasteiger partial charge on any atom is -0.399 e. The van der Waals surface area contributed by atoms with E-state index in [1.807, 2.05) is 42.5 Å². The average Bonchev–Trinajstić information content (AvgIpc) is 2.49. The van der Waals surface area contributed by atoms with Crippen molar-refractivity contribution >= 4 is 5.69 Å². The van der Waals surface area contributed by atoms with Gasteiger partial charge in [0.25, 0.3) is 0 Å². The minimum atomic E-state index is -0.287. The molecular formula is C16H19N3O. The van der Waals surface area contributed by atoms with E-state index >= 15 is 0 Å². The fourth-order valence-corrected chi connectivity index (χ4v) is 2.57. The number of hydrogen-bond donors (Lipinski definition) is 3. The van der Waals surface area contributed by atoms with Crippen molar-refractivity contribution in [2.75, 3.05) is 12.3 Å². The Hall–Kier alpha value is -1.88. The van der Waals surface area contributed by atoms with Gasteiger partial charge < -0.3 is 21.5 Å². The summed E-state index contributed by atoms with van der Waals surface area (Å²) >= 11 is 0. The molecule has 1 aliphatic rings. The van der Waals surface area contributed by atoms with Gasteiger partial charge >= 0.3 is 0 Å². The Bertz CT molecular complexity index is 556. The molecule has 104 valence electrons. The number of hydrogen-bond acceptors (Lipinski definition) is 4. The van der Waals surface area contributed by atoms with Crippen LogP contribution >= 0.6 is 0 Å². The summed E-state index contributed by atoms with van der Waals surface area (Å²) in [5, 5.41) is 3.46. The molecule has 0 bridgehead atoms. The van der Waals surface area contributed by atoms with E-state index in [1.54, 1.807) is 0 Å². The van der Waals surface area contributed by atoms with Crippen LogP contribution in [0.3, 0.4) is 0 Å². The Morgan fingerprint density at radius 1 is 0.950 bits per heavy atom. The summed E-state index contributed by atoms with van der Waals surface area (Å²) in [7, 11) is 0. The number of nitrogens with two attached hydrogens (primary N) is 2. The molecule has 0 spiro atoms. The highest BCUT2D eigenvalue weighted by Gasteiger charge is 2.31. The summed E-state index contributed by atoms with van der Waals surface area (Å²) in [6.07, 6.45) is -0.381. The van der Waals surface area contributed by atoms with Crippen LogP contribution in [-0.4, -0.2) is 12.8 Å².